The predicted octanol–water partition coefficient (Wildman–Crippen LogP) is 9.27. The van der Waals surface area contributed by atoms with Gasteiger partial charge in [-0.25, -0.2) is 9.18 Å². The maximum Gasteiger partial charge on any atom is 0.410 e. The van der Waals surface area contributed by atoms with Gasteiger partial charge in [-0.3, -0.25) is 0 Å². The molecular weight excluding hydrogens is 513 g/mol. The lowest BCUT2D eigenvalue weighted by Gasteiger charge is -2.36. The fourth-order valence-corrected chi connectivity index (χ4v) is 5.83. The van der Waals surface area contributed by atoms with E-state index < -0.39 is 5.60 Å². The SMILES string of the molecule is Cc1ccc(C2CC(CCN(C(=O)OC(C)(C)C)C(C)c3ccc(F)c4ccccc34)Oc3ccccc32)cc1C. The molecule has 41 heavy (non-hydrogen) atoms. The molecule has 4 aromatic rings. The second-order valence-electron chi connectivity index (χ2n) is 12.2. The van der Waals surface area contributed by atoms with E-state index in [1.54, 1.807) is 17.0 Å². The fourth-order valence-electron chi connectivity index (χ4n) is 5.83. The van der Waals surface area contributed by atoms with Crippen LogP contribution in [0.15, 0.2) is 78.9 Å². The summed E-state index contributed by atoms with van der Waals surface area (Å²) in [6.07, 6.45) is 0.979. The molecule has 0 N–H and O–H groups in total. The number of para-hydroxylation sites is 1. The average Bonchev–Trinajstić information content (AvgIpc) is 2.93. The van der Waals surface area contributed by atoms with Gasteiger partial charge in [0.1, 0.15) is 23.3 Å². The molecule has 0 radical (unpaired) electrons. The predicted molar refractivity (Wildman–Crippen MR) is 163 cm³/mol. The topological polar surface area (TPSA) is 38.8 Å². The Morgan fingerprint density at radius 3 is 2.41 bits per heavy atom. The van der Waals surface area contributed by atoms with Crippen molar-refractivity contribution in [3.63, 3.8) is 0 Å². The maximum absolute atomic E-state index is 14.6. The number of rotatable bonds is 6. The first-order chi connectivity index (χ1) is 19.5. The van der Waals surface area contributed by atoms with Crippen molar-refractivity contribution >= 4 is 16.9 Å². The Kier molecular flexibility index (Phi) is 8.08. The van der Waals surface area contributed by atoms with E-state index in [9.17, 15) is 9.18 Å². The molecule has 4 aromatic carbocycles. The van der Waals surface area contributed by atoms with Gasteiger partial charge in [-0.05, 0) is 87.7 Å². The Morgan fingerprint density at radius 1 is 0.976 bits per heavy atom. The minimum absolute atomic E-state index is 0.0846. The molecule has 0 fully saturated rings. The van der Waals surface area contributed by atoms with Crippen molar-refractivity contribution in [1.29, 1.82) is 0 Å². The highest BCUT2D eigenvalue weighted by Crippen LogP contribution is 2.42. The number of carbonyl (C=O) groups excluding carboxylic acids is 1. The van der Waals surface area contributed by atoms with Crippen LogP contribution in [0.25, 0.3) is 10.8 Å². The first-order valence-corrected chi connectivity index (χ1v) is 14.5. The summed E-state index contributed by atoms with van der Waals surface area (Å²) in [6.45, 7) is 12.3. The van der Waals surface area contributed by atoms with Gasteiger partial charge in [-0.1, -0.05) is 66.7 Å². The summed E-state index contributed by atoms with van der Waals surface area (Å²) in [4.78, 5) is 15.4. The lowest BCUT2D eigenvalue weighted by atomic mass is 9.82. The first-order valence-electron chi connectivity index (χ1n) is 14.5. The minimum Gasteiger partial charge on any atom is -0.490 e. The third-order valence-electron chi connectivity index (χ3n) is 8.16. The van der Waals surface area contributed by atoms with Crippen LogP contribution in [0.4, 0.5) is 9.18 Å². The number of hydrogen-bond acceptors (Lipinski definition) is 3. The van der Waals surface area contributed by atoms with E-state index in [1.165, 1.54) is 28.3 Å². The molecule has 4 nitrogen and oxygen atoms in total. The molecule has 0 spiro atoms. The smallest absolute Gasteiger partial charge is 0.410 e. The lowest BCUT2D eigenvalue weighted by Crippen LogP contribution is -2.41. The van der Waals surface area contributed by atoms with Crippen LogP contribution in [0.2, 0.25) is 0 Å². The van der Waals surface area contributed by atoms with Gasteiger partial charge in [0.25, 0.3) is 0 Å². The molecule has 0 saturated carbocycles. The summed E-state index contributed by atoms with van der Waals surface area (Å²) < 4.78 is 27.0. The van der Waals surface area contributed by atoms with Crippen molar-refractivity contribution in [2.75, 3.05) is 6.54 Å². The van der Waals surface area contributed by atoms with Crippen LogP contribution >= 0.6 is 0 Å². The van der Waals surface area contributed by atoms with Crippen LogP contribution in [-0.4, -0.2) is 29.2 Å². The number of benzene rings is 4. The number of hydrogen-bond donors (Lipinski definition) is 0. The van der Waals surface area contributed by atoms with E-state index in [4.69, 9.17) is 9.47 Å². The summed E-state index contributed by atoms with van der Waals surface area (Å²) in [5, 5.41) is 1.34. The molecule has 214 valence electrons. The van der Waals surface area contributed by atoms with E-state index >= 15 is 0 Å². The van der Waals surface area contributed by atoms with E-state index in [-0.39, 0.29) is 30.0 Å². The zero-order valence-corrected chi connectivity index (χ0v) is 24.9. The Balaban J connectivity index is 1.43. The zero-order chi connectivity index (χ0) is 29.3. The van der Waals surface area contributed by atoms with E-state index in [0.717, 1.165) is 23.1 Å². The van der Waals surface area contributed by atoms with Crippen molar-refractivity contribution in [1.82, 2.24) is 4.90 Å². The molecule has 1 aliphatic rings. The van der Waals surface area contributed by atoms with Crippen LogP contribution in [0, 0.1) is 19.7 Å². The van der Waals surface area contributed by atoms with Crippen molar-refractivity contribution in [3.05, 3.63) is 112 Å². The normalized spacial score (nSPS) is 17.4. The molecule has 0 bridgehead atoms. The second kappa shape index (κ2) is 11.6. The standard InChI is InChI=1S/C36H40FNO3/c1-23-15-16-26(21-24(23)2)32-22-27(40-34-14-10-9-13-31(32)34)19-20-38(35(39)41-36(4,5)6)25(3)28-17-18-33(37)30-12-8-7-11-29(28)30/h7-18,21,25,27,32H,19-20,22H2,1-6H3. The number of amides is 1. The molecule has 0 aromatic heterocycles. The monoisotopic (exact) mass is 553 g/mol. The lowest BCUT2D eigenvalue weighted by molar-refractivity contribution is 0.0142. The molecule has 3 atom stereocenters. The molecule has 1 heterocycles. The number of ether oxygens (including phenoxy) is 2. The third-order valence-corrected chi connectivity index (χ3v) is 8.16. The molecular formula is C36H40FNO3. The van der Waals surface area contributed by atoms with Gasteiger partial charge in [0.05, 0.1) is 6.04 Å². The summed E-state index contributed by atoms with van der Waals surface area (Å²) >= 11 is 0. The van der Waals surface area contributed by atoms with Crippen LogP contribution in [-0.2, 0) is 4.74 Å². The van der Waals surface area contributed by atoms with Gasteiger partial charge < -0.3 is 14.4 Å². The van der Waals surface area contributed by atoms with Crippen molar-refractivity contribution in [3.8, 4) is 5.75 Å². The van der Waals surface area contributed by atoms with Crippen molar-refractivity contribution in [2.24, 2.45) is 0 Å². The maximum atomic E-state index is 14.6. The van der Waals surface area contributed by atoms with Gasteiger partial charge in [0.15, 0.2) is 0 Å². The largest absolute Gasteiger partial charge is 0.490 e. The number of halogens is 1. The molecule has 3 unspecified atom stereocenters. The van der Waals surface area contributed by atoms with E-state index in [0.29, 0.717) is 18.4 Å². The molecule has 5 rings (SSSR count). The quantitative estimate of drug-likeness (QED) is 0.239. The molecule has 0 aliphatic carbocycles. The molecule has 0 saturated heterocycles. The van der Waals surface area contributed by atoms with Crippen LogP contribution in [0.3, 0.4) is 0 Å². The van der Waals surface area contributed by atoms with Crippen molar-refractivity contribution in [2.45, 2.75) is 78.0 Å². The van der Waals surface area contributed by atoms with Gasteiger partial charge in [0.2, 0.25) is 0 Å². The number of aryl methyl sites for hydroxylation is 2. The summed E-state index contributed by atoms with van der Waals surface area (Å²) in [6, 6.07) is 25.3. The Bertz CT molecular complexity index is 1560. The van der Waals surface area contributed by atoms with Crippen LogP contribution in [0.1, 0.15) is 80.3 Å². The Morgan fingerprint density at radius 2 is 1.68 bits per heavy atom. The Hall–Kier alpha value is -3.86. The average molecular weight is 554 g/mol. The Labute approximate surface area is 243 Å². The van der Waals surface area contributed by atoms with E-state index in [1.807, 2.05) is 58.0 Å². The van der Waals surface area contributed by atoms with Gasteiger partial charge in [-0.2, -0.15) is 0 Å². The second-order valence-corrected chi connectivity index (χ2v) is 12.2. The highest BCUT2D eigenvalue weighted by atomic mass is 19.1. The van der Waals surface area contributed by atoms with Crippen LogP contribution in [0.5, 0.6) is 5.75 Å². The summed E-state index contributed by atoms with van der Waals surface area (Å²) in [7, 11) is 0. The fraction of sp³-hybridized carbons (Fsp3) is 0.361. The number of fused-ring (bicyclic) bond motifs is 2. The molecule has 1 amide bonds. The van der Waals surface area contributed by atoms with Gasteiger partial charge in [0, 0.05) is 29.8 Å². The zero-order valence-electron chi connectivity index (χ0n) is 24.9. The number of carbonyl (C=O) groups is 1. The number of nitrogens with zero attached hydrogens (tertiary/aromatic N) is 1. The van der Waals surface area contributed by atoms with E-state index in [2.05, 4.69) is 44.2 Å². The first kappa shape index (κ1) is 28.7. The highest BCUT2D eigenvalue weighted by Gasteiger charge is 2.33. The molecule has 5 heteroatoms. The third kappa shape index (κ3) is 6.24. The summed E-state index contributed by atoms with van der Waals surface area (Å²) in [5.41, 5.74) is 5.27. The molecule has 1 aliphatic heterocycles. The highest BCUT2D eigenvalue weighted by molar-refractivity contribution is 5.87. The van der Waals surface area contributed by atoms with Gasteiger partial charge in [-0.15, -0.1) is 0 Å². The van der Waals surface area contributed by atoms with Gasteiger partial charge >= 0.3 is 6.09 Å². The van der Waals surface area contributed by atoms with Crippen LogP contribution < -0.4 is 4.74 Å². The summed E-state index contributed by atoms with van der Waals surface area (Å²) in [5.74, 6) is 0.832. The minimum atomic E-state index is -0.644. The van der Waals surface area contributed by atoms with Crippen molar-refractivity contribution < 1.29 is 18.7 Å².